The molecule has 1 aromatic rings. The summed E-state index contributed by atoms with van der Waals surface area (Å²) in [6, 6.07) is 4.00. The van der Waals surface area contributed by atoms with Gasteiger partial charge in [-0.2, -0.15) is 0 Å². The highest BCUT2D eigenvalue weighted by atomic mass is 16.6. The van der Waals surface area contributed by atoms with Gasteiger partial charge in [-0.05, 0) is 18.1 Å². The minimum absolute atomic E-state index is 0.00536. The third-order valence-electron chi connectivity index (χ3n) is 2.72. The van der Waals surface area contributed by atoms with Gasteiger partial charge in [0.15, 0.2) is 0 Å². The number of benzene rings is 1. The number of aliphatic hydroxyl groups is 1. The second kappa shape index (κ2) is 6.14. The summed E-state index contributed by atoms with van der Waals surface area (Å²) in [6.45, 7) is 3.74. The molecule has 0 bridgehead atoms. The Balaban J connectivity index is 3.04. The Bertz CT molecular complexity index is 487. The maximum absolute atomic E-state index is 11.0. The predicted molar refractivity (Wildman–Crippen MR) is 69.4 cm³/mol. The Hall–Kier alpha value is -2.15. The van der Waals surface area contributed by atoms with Gasteiger partial charge in [0.05, 0.1) is 11.0 Å². The van der Waals surface area contributed by atoms with Crippen LogP contribution in [0.2, 0.25) is 0 Å². The number of aromatic carboxylic acids is 1. The van der Waals surface area contributed by atoms with Crippen LogP contribution >= 0.6 is 0 Å². The standard InChI is InChI=1S/C12H16N2O5/c1-7(2)10(15)6-13-9-5-3-4-8(12(16)17)11(9)14(18)19/h3-5,7,10,13,15H,6H2,1-2H3,(H,16,17). The summed E-state index contributed by atoms with van der Waals surface area (Å²) in [4.78, 5) is 21.2. The Labute approximate surface area is 110 Å². The second-order valence-corrected chi connectivity index (χ2v) is 4.46. The number of nitrogens with zero attached hydrogens (tertiary/aromatic N) is 1. The molecule has 104 valence electrons. The lowest BCUT2D eigenvalue weighted by Crippen LogP contribution is -2.25. The fourth-order valence-electron chi connectivity index (χ4n) is 1.51. The molecule has 3 N–H and O–H groups in total. The lowest BCUT2D eigenvalue weighted by molar-refractivity contribution is -0.384. The Morgan fingerprint density at radius 2 is 2.11 bits per heavy atom. The lowest BCUT2D eigenvalue weighted by atomic mass is 10.1. The Kier molecular flexibility index (Phi) is 4.82. The van der Waals surface area contributed by atoms with Crippen LogP contribution in [0.5, 0.6) is 0 Å². The van der Waals surface area contributed by atoms with Gasteiger partial charge in [0.1, 0.15) is 11.3 Å². The zero-order valence-corrected chi connectivity index (χ0v) is 10.7. The van der Waals surface area contributed by atoms with Gasteiger partial charge in [-0.3, -0.25) is 10.1 Å². The van der Waals surface area contributed by atoms with E-state index in [0.29, 0.717) is 0 Å². The highest BCUT2D eigenvalue weighted by Gasteiger charge is 2.24. The molecule has 1 rings (SSSR count). The average Bonchev–Trinajstić information content (AvgIpc) is 2.34. The molecule has 0 aliphatic heterocycles. The maximum Gasteiger partial charge on any atom is 0.342 e. The number of nitrogens with one attached hydrogen (secondary N) is 1. The molecule has 0 radical (unpaired) electrons. The summed E-state index contributed by atoms with van der Waals surface area (Å²) in [5.74, 6) is -1.37. The first-order chi connectivity index (χ1) is 8.84. The van der Waals surface area contributed by atoms with E-state index in [-0.39, 0.29) is 23.7 Å². The van der Waals surface area contributed by atoms with E-state index in [0.717, 1.165) is 0 Å². The van der Waals surface area contributed by atoms with Crippen molar-refractivity contribution in [1.29, 1.82) is 0 Å². The number of hydrogen-bond acceptors (Lipinski definition) is 5. The van der Waals surface area contributed by atoms with Crippen molar-refractivity contribution in [2.75, 3.05) is 11.9 Å². The molecule has 7 nitrogen and oxygen atoms in total. The summed E-state index contributed by atoms with van der Waals surface area (Å²) in [5.41, 5.74) is -0.787. The zero-order chi connectivity index (χ0) is 14.6. The minimum Gasteiger partial charge on any atom is -0.477 e. The van der Waals surface area contributed by atoms with Crippen molar-refractivity contribution in [2.24, 2.45) is 5.92 Å². The van der Waals surface area contributed by atoms with E-state index in [4.69, 9.17) is 5.11 Å². The van der Waals surface area contributed by atoms with Crippen molar-refractivity contribution in [3.8, 4) is 0 Å². The molecule has 1 atom stereocenters. The van der Waals surface area contributed by atoms with Crippen LogP contribution < -0.4 is 5.32 Å². The van der Waals surface area contributed by atoms with Crippen LogP contribution in [-0.4, -0.2) is 33.8 Å². The van der Waals surface area contributed by atoms with E-state index in [9.17, 15) is 20.0 Å². The van der Waals surface area contributed by atoms with Gasteiger partial charge in [0.2, 0.25) is 0 Å². The van der Waals surface area contributed by atoms with Gasteiger partial charge >= 0.3 is 11.7 Å². The highest BCUT2D eigenvalue weighted by Crippen LogP contribution is 2.28. The van der Waals surface area contributed by atoms with Crippen LogP contribution in [0.3, 0.4) is 0 Å². The summed E-state index contributed by atoms with van der Waals surface area (Å²) in [5, 5.41) is 32.3. The third-order valence-corrected chi connectivity index (χ3v) is 2.72. The molecule has 7 heteroatoms. The molecule has 1 unspecified atom stereocenters. The highest BCUT2D eigenvalue weighted by molar-refractivity contribution is 5.95. The van der Waals surface area contributed by atoms with Crippen LogP contribution in [0.1, 0.15) is 24.2 Å². The van der Waals surface area contributed by atoms with Crippen molar-refractivity contribution in [3.05, 3.63) is 33.9 Å². The fraction of sp³-hybridized carbons (Fsp3) is 0.417. The first-order valence-electron chi connectivity index (χ1n) is 5.77. The van der Waals surface area contributed by atoms with Crippen LogP contribution in [0.15, 0.2) is 18.2 Å². The predicted octanol–water partition coefficient (Wildman–Crippen LogP) is 1.72. The van der Waals surface area contributed by atoms with E-state index >= 15 is 0 Å². The van der Waals surface area contributed by atoms with Crippen LogP contribution in [-0.2, 0) is 0 Å². The quantitative estimate of drug-likeness (QED) is 0.535. The lowest BCUT2D eigenvalue weighted by Gasteiger charge is -2.16. The third kappa shape index (κ3) is 3.65. The fourth-order valence-corrected chi connectivity index (χ4v) is 1.51. The maximum atomic E-state index is 11.0. The SMILES string of the molecule is CC(C)C(O)CNc1cccc(C(=O)O)c1[N+](=O)[O-]. The number of nitro benzene ring substituents is 1. The monoisotopic (exact) mass is 268 g/mol. The van der Waals surface area contributed by atoms with Crippen molar-refractivity contribution >= 4 is 17.3 Å². The number of carboxylic acid groups (broad SMARTS) is 1. The molecular formula is C12H16N2O5. The molecule has 19 heavy (non-hydrogen) atoms. The molecule has 0 aliphatic carbocycles. The molecule has 1 aromatic carbocycles. The van der Waals surface area contributed by atoms with E-state index in [1.165, 1.54) is 18.2 Å². The number of aliphatic hydroxyl groups excluding tert-OH is 1. The molecule has 0 heterocycles. The van der Waals surface area contributed by atoms with E-state index in [1.807, 2.05) is 13.8 Å². The normalized spacial score (nSPS) is 12.2. The zero-order valence-electron chi connectivity index (χ0n) is 10.7. The summed E-state index contributed by atoms with van der Waals surface area (Å²) in [7, 11) is 0. The number of carbonyl (C=O) groups is 1. The summed E-state index contributed by atoms with van der Waals surface area (Å²) in [6.07, 6.45) is -0.673. The Morgan fingerprint density at radius 3 is 2.58 bits per heavy atom. The van der Waals surface area contributed by atoms with E-state index in [2.05, 4.69) is 5.32 Å². The number of nitro groups is 1. The number of hydrogen-bond donors (Lipinski definition) is 3. The minimum atomic E-state index is -1.36. The van der Waals surface area contributed by atoms with Crippen molar-refractivity contribution in [2.45, 2.75) is 20.0 Å². The molecule has 0 saturated heterocycles. The first-order valence-corrected chi connectivity index (χ1v) is 5.77. The van der Waals surface area contributed by atoms with Gasteiger partial charge in [-0.1, -0.05) is 19.9 Å². The molecule has 0 aliphatic rings. The first kappa shape index (κ1) is 14.9. The summed E-state index contributed by atoms with van der Waals surface area (Å²) >= 11 is 0. The van der Waals surface area contributed by atoms with Crippen LogP contribution in [0.25, 0.3) is 0 Å². The largest absolute Gasteiger partial charge is 0.477 e. The molecular weight excluding hydrogens is 252 g/mol. The topological polar surface area (TPSA) is 113 Å². The smallest absolute Gasteiger partial charge is 0.342 e. The van der Waals surface area contributed by atoms with Crippen LogP contribution in [0, 0.1) is 16.0 Å². The molecule has 0 aromatic heterocycles. The number of anilines is 1. The Morgan fingerprint density at radius 1 is 1.47 bits per heavy atom. The summed E-state index contributed by atoms with van der Waals surface area (Å²) < 4.78 is 0. The van der Waals surface area contributed by atoms with Crippen molar-refractivity contribution in [1.82, 2.24) is 0 Å². The van der Waals surface area contributed by atoms with E-state index in [1.54, 1.807) is 0 Å². The van der Waals surface area contributed by atoms with E-state index < -0.39 is 22.7 Å². The second-order valence-electron chi connectivity index (χ2n) is 4.46. The van der Waals surface area contributed by atoms with Crippen molar-refractivity contribution < 1.29 is 19.9 Å². The number of para-hydroxylation sites is 1. The molecule has 0 fully saturated rings. The van der Waals surface area contributed by atoms with Gasteiger partial charge in [0.25, 0.3) is 0 Å². The molecule has 0 amide bonds. The average molecular weight is 268 g/mol. The molecule has 0 spiro atoms. The van der Waals surface area contributed by atoms with Crippen molar-refractivity contribution in [3.63, 3.8) is 0 Å². The number of carboxylic acids is 1. The number of rotatable bonds is 6. The van der Waals surface area contributed by atoms with Gasteiger partial charge in [0, 0.05) is 6.54 Å². The van der Waals surface area contributed by atoms with Gasteiger partial charge < -0.3 is 15.5 Å². The van der Waals surface area contributed by atoms with Crippen LogP contribution in [0.4, 0.5) is 11.4 Å². The van der Waals surface area contributed by atoms with Gasteiger partial charge in [-0.25, -0.2) is 4.79 Å². The molecule has 0 saturated carbocycles. The van der Waals surface area contributed by atoms with Gasteiger partial charge in [-0.15, -0.1) is 0 Å².